The minimum absolute atomic E-state index is 0.00545. The fourth-order valence-corrected chi connectivity index (χ4v) is 3.54. The predicted octanol–water partition coefficient (Wildman–Crippen LogP) is 3.31. The van der Waals surface area contributed by atoms with Gasteiger partial charge in [0, 0.05) is 12.4 Å². The van der Waals surface area contributed by atoms with Gasteiger partial charge >= 0.3 is 0 Å². The highest BCUT2D eigenvalue weighted by Gasteiger charge is 2.11. The smallest absolute Gasteiger partial charge is 0.262 e. The lowest BCUT2D eigenvalue weighted by atomic mass is 10.2. The molecular formula is C19H20N2O2S. The number of aliphatic hydroxyl groups is 1. The summed E-state index contributed by atoms with van der Waals surface area (Å²) in [5.74, 6) is 0.833. The van der Waals surface area contributed by atoms with Crippen LogP contribution in [0.1, 0.15) is 18.4 Å². The third-order valence-electron chi connectivity index (χ3n) is 3.79. The van der Waals surface area contributed by atoms with E-state index in [0.29, 0.717) is 11.9 Å². The number of hydrogen-bond donors (Lipinski definition) is 1. The Bertz CT molecular complexity index is 862. The normalized spacial score (nSPS) is 11.0. The van der Waals surface area contributed by atoms with E-state index in [9.17, 15) is 4.79 Å². The first kappa shape index (κ1) is 16.7. The Morgan fingerprint density at radius 1 is 1.00 bits per heavy atom. The van der Waals surface area contributed by atoms with Crippen LogP contribution in [0, 0.1) is 0 Å². The molecule has 0 unspecified atom stereocenters. The van der Waals surface area contributed by atoms with Crippen molar-refractivity contribution in [1.82, 2.24) is 9.55 Å². The number of para-hydroxylation sites is 1. The van der Waals surface area contributed by atoms with Gasteiger partial charge in [-0.25, -0.2) is 4.98 Å². The molecule has 0 aliphatic rings. The Hall–Kier alpha value is -2.11. The maximum absolute atomic E-state index is 12.9. The first-order valence-corrected chi connectivity index (χ1v) is 9.05. The molecule has 2 aromatic carbocycles. The van der Waals surface area contributed by atoms with Crippen LogP contribution < -0.4 is 5.56 Å². The van der Waals surface area contributed by atoms with Crippen LogP contribution in [0.3, 0.4) is 0 Å². The Labute approximate surface area is 145 Å². The average Bonchev–Trinajstić information content (AvgIpc) is 2.62. The van der Waals surface area contributed by atoms with Gasteiger partial charge < -0.3 is 5.11 Å². The van der Waals surface area contributed by atoms with Crippen LogP contribution in [-0.4, -0.2) is 27.0 Å². The number of nitrogens with zero attached hydrogens (tertiary/aromatic N) is 2. The van der Waals surface area contributed by atoms with Crippen molar-refractivity contribution in [3.8, 4) is 0 Å². The van der Waals surface area contributed by atoms with Crippen molar-refractivity contribution in [3.63, 3.8) is 0 Å². The van der Waals surface area contributed by atoms with Crippen LogP contribution in [0.2, 0.25) is 0 Å². The molecule has 0 aliphatic heterocycles. The average molecular weight is 340 g/mol. The van der Waals surface area contributed by atoms with Crippen molar-refractivity contribution >= 4 is 22.7 Å². The van der Waals surface area contributed by atoms with Gasteiger partial charge in [-0.1, -0.05) is 54.2 Å². The predicted molar refractivity (Wildman–Crippen MR) is 98.6 cm³/mol. The highest BCUT2D eigenvalue weighted by Crippen LogP contribution is 2.20. The molecule has 124 valence electrons. The molecule has 4 nitrogen and oxygen atoms in total. The van der Waals surface area contributed by atoms with Gasteiger partial charge in [0.15, 0.2) is 5.16 Å². The Morgan fingerprint density at radius 2 is 1.75 bits per heavy atom. The lowest BCUT2D eigenvalue weighted by molar-refractivity contribution is 0.287. The van der Waals surface area contributed by atoms with E-state index in [1.807, 2.05) is 54.6 Å². The third kappa shape index (κ3) is 3.86. The molecule has 0 fully saturated rings. The molecular weight excluding hydrogens is 320 g/mol. The van der Waals surface area contributed by atoms with Crippen LogP contribution >= 0.6 is 11.8 Å². The van der Waals surface area contributed by atoms with E-state index in [0.717, 1.165) is 34.8 Å². The molecule has 0 saturated carbocycles. The van der Waals surface area contributed by atoms with Crippen molar-refractivity contribution in [3.05, 3.63) is 70.5 Å². The summed E-state index contributed by atoms with van der Waals surface area (Å²) in [6, 6.07) is 17.4. The Morgan fingerprint density at radius 3 is 2.54 bits per heavy atom. The summed E-state index contributed by atoms with van der Waals surface area (Å²) in [6.45, 7) is 0.711. The van der Waals surface area contributed by atoms with E-state index >= 15 is 0 Å². The summed E-state index contributed by atoms with van der Waals surface area (Å²) in [4.78, 5) is 17.6. The van der Waals surface area contributed by atoms with E-state index in [-0.39, 0.29) is 12.2 Å². The molecule has 0 bridgehead atoms. The quantitative estimate of drug-likeness (QED) is 0.407. The van der Waals surface area contributed by atoms with Gasteiger partial charge in [-0.3, -0.25) is 9.36 Å². The molecule has 3 rings (SSSR count). The molecule has 1 aromatic heterocycles. The van der Waals surface area contributed by atoms with Crippen LogP contribution in [0.25, 0.3) is 10.9 Å². The van der Waals surface area contributed by atoms with E-state index in [1.54, 1.807) is 16.3 Å². The number of rotatable bonds is 7. The van der Waals surface area contributed by atoms with E-state index in [1.165, 1.54) is 0 Å². The van der Waals surface area contributed by atoms with E-state index < -0.39 is 0 Å². The van der Waals surface area contributed by atoms with Crippen LogP contribution in [0.4, 0.5) is 0 Å². The maximum atomic E-state index is 12.9. The molecule has 0 amide bonds. The lowest BCUT2D eigenvalue weighted by Crippen LogP contribution is -2.24. The van der Waals surface area contributed by atoms with Gasteiger partial charge in [-0.15, -0.1) is 0 Å². The van der Waals surface area contributed by atoms with E-state index in [2.05, 4.69) is 0 Å². The molecule has 24 heavy (non-hydrogen) atoms. The second kappa shape index (κ2) is 8.13. The monoisotopic (exact) mass is 340 g/mol. The van der Waals surface area contributed by atoms with Crippen molar-refractivity contribution in [1.29, 1.82) is 0 Å². The summed E-state index contributed by atoms with van der Waals surface area (Å²) in [6.07, 6.45) is 1.67. The summed E-state index contributed by atoms with van der Waals surface area (Å²) >= 11 is 1.58. The standard InChI is InChI=1S/C19H20N2O2S/c22-12-6-7-13-24-19-20-17-11-5-4-10-16(17)18(23)21(19)14-15-8-2-1-3-9-15/h1-5,8-11,22H,6-7,12-14H2. The van der Waals surface area contributed by atoms with Crippen LogP contribution in [0.5, 0.6) is 0 Å². The van der Waals surface area contributed by atoms with Gasteiger partial charge in [0.05, 0.1) is 17.4 Å². The fourth-order valence-electron chi connectivity index (χ4n) is 2.54. The SMILES string of the molecule is O=c1c2ccccc2nc(SCCCCO)n1Cc1ccccc1. The number of unbranched alkanes of at least 4 members (excludes halogenated alkanes) is 1. The molecule has 3 aromatic rings. The second-order valence-corrected chi connectivity index (χ2v) is 6.63. The summed E-state index contributed by atoms with van der Waals surface area (Å²) < 4.78 is 1.75. The van der Waals surface area contributed by atoms with Gasteiger partial charge in [0.1, 0.15) is 0 Å². The number of hydrogen-bond acceptors (Lipinski definition) is 4. The largest absolute Gasteiger partial charge is 0.396 e. The molecule has 0 aliphatic carbocycles. The van der Waals surface area contributed by atoms with Crippen molar-refractivity contribution in [2.75, 3.05) is 12.4 Å². The zero-order chi connectivity index (χ0) is 16.8. The number of aromatic nitrogens is 2. The van der Waals surface area contributed by atoms with Gasteiger partial charge in [0.2, 0.25) is 0 Å². The highest BCUT2D eigenvalue weighted by atomic mass is 32.2. The van der Waals surface area contributed by atoms with Crippen molar-refractivity contribution < 1.29 is 5.11 Å². The van der Waals surface area contributed by atoms with Crippen molar-refractivity contribution in [2.45, 2.75) is 24.5 Å². The minimum atomic E-state index is -0.00545. The number of benzene rings is 2. The van der Waals surface area contributed by atoms with Gasteiger partial charge in [-0.2, -0.15) is 0 Å². The molecule has 1 N–H and O–H groups in total. The fraction of sp³-hybridized carbons (Fsp3) is 0.263. The first-order chi connectivity index (χ1) is 11.8. The number of aliphatic hydroxyl groups excluding tert-OH is 1. The summed E-state index contributed by atoms with van der Waals surface area (Å²) in [5.41, 5.74) is 1.81. The molecule has 0 atom stereocenters. The molecule has 5 heteroatoms. The van der Waals surface area contributed by atoms with E-state index in [4.69, 9.17) is 10.1 Å². The number of thioether (sulfide) groups is 1. The maximum Gasteiger partial charge on any atom is 0.262 e. The van der Waals surface area contributed by atoms with Crippen LogP contribution in [-0.2, 0) is 6.54 Å². The highest BCUT2D eigenvalue weighted by molar-refractivity contribution is 7.99. The second-order valence-electron chi connectivity index (χ2n) is 5.57. The molecule has 0 spiro atoms. The Kier molecular flexibility index (Phi) is 5.67. The molecule has 0 radical (unpaired) electrons. The van der Waals surface area contributed by atoms with Gasteiger partial charge in [0.25, 0.3) is 5.56 Å². The summed E-state index contributed by atoms with van der Waals surface area (Å²) in [7, 11) is 0. The summed E-state index contributed by atoms with van der Waals surface area (Å²) in [5, 5.41) is 10.3. The third-order valence-corrected chi connectivity index (χ3v) is 4.86. The number of fused-ring (bicyclic) bond motifs is 1. The Balaban J connectivity index is 1.99. The first-order valence-electron chi connectivity index (χ1n) is 8.07. The zero-order valence-corrected chi connectivity index (χ0v) is 14.2. The minimum Gasteiger partial charge on any atom is -0.396 e. The topological polar surface area (TPSA) is 55.1 Å². The molecule has 1 heterocycles. The van der Waals surface area contributed by atoms with Crippen molar-refractivity contribution in [2.24, 2.45) is 0 Å². The zero-order valence-electron chi connectivity index (χ0n) is 13.4. The molecule has 0 saturated heterocycles. The van der Waals surface area contributed by atoms with Crippen LogP contribution in [0.15, 0.2) is 64.5 Å². The lowest BCUT2D eigenvalue weighted by Gasteiger charge is -2.13. The van der Waals surface area contributed by atoms with Gasteiger partial charge in [-0.05, 0) is 30.5 Å².